The lowest BCUT2D eigenvalue weighted by Gasteiger charge is -2.41. The van der Waals surface area contributed by atoms with Gasteiger partial charge in [-0.1, -0.05) is 125 Å². The van der Waals surface area contributed by atoms with Crippen LogP contribution in [0.3, 0.4) is 0 Å². The van der Waals surface area contributed by atoms with Gasteiger partial charge in [-0.15, -0.1) is 0 Å². The van der Waals surface area contributed by atoms with E-state index in [9.17, 15) is 4.21 Å². The molecule has 0 aliphatic heterocycles. The zero-order valence-electron chi connectivity index (χ0n) is 27.3. The van der Waals surface area contributed by atoms with E-state index in [4.69, 9.17) is 4.74 Å². The molecular weight excluding hydrogens is 589 g/mol. The van der Waals surface area contributed by atoms with Gasteiger partial charge in [-0.3, -0.25) is 0 Å². The molecule has 1 N–H and O–H groups in total. The van der Waals surface area contributed by atoms with E-state index in [2.05, 4.69) is 116 Å². The quantitative estimate of drug-likeness (QED) is 0.175. The third-order valence-electron chi connectivity index (χ3n) is 9.66. The number of hydrogen-bond donors (Lipinski definition) is 1. The second-order valence-electron chi connectivity index (χ2n) is 14.0. The SMILES string of the molecule is CC(C)(C)S(=O)N[C@@H](c1ccc2ccccc2c1)c1cccc(OCc2ccccc2)c1P(C1CCCCC1)C1CCCCC1. The minimum atomic E-state index is -1.26. The van der Waals surface area contributed by atoms with Gasteiger partial charge in [0, 0.05) is 5.30 Å². The Kier molecular flexibility index (Phi) is 10.8. The number of hydrogen-bond acceptors (Lipinski definition) is 2. The highest BCUT2D eigenvalue weighted by Gasteiger charge is 2.37. The molecule has 45 heavy (non-hydrogen) atoms. The lowest BCUT2D eigenvalue weighted by Crippen LogP contribution is -2.38. The van der Waals surface area contributed by atoms with E-state index in [1.54, 1.807) is 0 Å². The molecule has 2 fully saturated rings. The molecule has 0 aromatic heterocycles. The third kappa shape index (κ3) is 7.90. The fourth-order valence-corrected chi connectivity index (χ4v) is 12.2. The van der Waals surface area contributed by atoms with E-state index in [1.807, 2.05) is 0 Å². The average molecular weight is 640 g/mol. The summed E-state index contributed by atoms with van der Waals surface area (Å²) in [5, 5.41) is 3.87. The summed E-state index contributed by atoms with van der Waals surface area (Å²) in [6.45, 7) is 6.73. The minimum Gasteiger partial charge on any atom is -0.488 e. The Morgan fingerprint density at radius 2 is 1.38 bits per heavy atom. The molecule has 0 amide bonds. The average Bonchev–Trinajstić information content (AvgIpc) is 3.07. The summed E-state index contributed by atoms with van der Waals surface area (Å²) >= 11 is 0. The molecule has 2 aliphatic rings. The Morgan fingerprint density at radius 1 is 0.756 bits per heavy atom. The van der Waals surface area contributed by atoms with E-state index >= 15 is 0 Å². The predicted molar refractivity (Wildman–Crippen MR) is 194 cm³/mol. The highest BCUT2D eigenvalue weighted by atomic mass is 32.2. The zero-order valence-corrected chi connectivity index (χ0v) is 29.1. The van der Waals surface area contributed by atoms with Gasteiger partial charge in [0.2, 0.25) is 0 Å². The molecule has 0 heterocycles. The summed E-state index contributed by atoms with van der Waals surface area (Å²) in [6, 6.07) is 32.4. The van der Waals surface area contributed by atoms with Gasteiger partial charge in [0.1, 0.15) is 12.4 Å². The first-order chi connectivity index (χ1) is 21.9. The van der Waals surface area contributed by atoms with Gasteiger partial charge in [-0.2, -0.15) is 0 Å². The molecule has 2 saturated carbocycles. The first kappa shape index (κ1) is 32.4. The standard InChI is InChI=1S/C40H50NO2PS/c1-40(2,3)45(42)41-38(33-27-26-31-18-13-14-19-32(31)28-33)36-24-15-25-37(43-29-30-16-7-4-8-17-30)39(36)44(34-20-9-5-10-21-34)35-22-11-6-12-23-35/h4,7-8,13-19,24-28,34-35,38,41H,5-6,9-12,20-23,29H2,1-3H3/t38-,45?/m0/s1. The summed E-state index contributed by atoms with van der Waals surface area (Å²) in [6.07, 6.45) is 13.3. The summed E-state index contributed by atoms with van der Waals surface area (Å²) in [5.74, 6) is 1.03. The summed E-state index contributed by atoms with van der Waals surface area (Å²) < 4.78 is 24.1. The normalized spacial score (nSPS) is 18.2. The van der Waals surface area contributed by atoms with Crippen molar-refractivity contribution in [3.63, 3.8) is 0 Å². The zero-order chi connectivity index (χ0) is 31.2. The number of nitrogens with one attached hydrogen (secondary N) is 1. The number of fused-ring (bicyclic) bond motifs is 1. The van der Waals surface area contributed by atoms with Crippen molar-refractivity contribution in [2.24, 2.45) is 0 Å². The number of ether oxygens (including phenoxy) is 1. The van der Waals surface area contributed by atoms with Crippen LogP contribution in [-0.4, -0.2) is 20.3 Å². The Bertz CT molecular complexity index is 1550. The molecule has 0 bridgehead atoms. The lowest BCUT2D eigenvalue weighted by atomic mass is 9.96. The second kappa shape index (κ2) is 14.9. The predicted octanol–water partition coefficient (Wildman–Crippen LogP) is 10.3. The maximum atomic E-state index is 13.9. The molecule has 1 unspecified atom stereocenters. The van der Waals surface area contributed by atoms with E-state index in [1.165, 1.54) is 91.4 Å². The molecular formula is C40H50NO2PS. The Hall–Kier alpha value is -2.52. The fraction of sp³-hybridized carbons (Fsp3) is 0.450. The van der Waals surface area contributed by atoms with E-state index in [0.717, 1.165) is 11.3 Å². The lowest BCUT2D eigenvalue weighted by molar-refractivity contribution is 0.308. The van der Waals surface area contributed by atoms with Crippen LogP contribution in [0, 0.1) is 0 Å². The van der Waals surface area contributed by atoms with Crippen LogP contribution >= 0.6 is 7.92 Å². The van der Waals surface area contributed by atoms with Crippen molar-refractivity contribution in [2.75, 3.05) is 0 Å². The third-order valence-corrected chi connectivity index (χ3v) is 14.8. The van der Waals surface area contributed by atoms with Crippen molar-refractivity contribution in [3.05, 3.63) is 108 Å². The van der Waals surface area contributed by atoms with Crippen LogP contribution in [0.1, 0.15) is 108 Å². The van der Waals surface area contributed by atoms with E-state index < -0.39 is 23.7 Å². The number of rotatable bonds is 10. The van der Waals surface area contributed by atoms with Crippen molar-refractivity contribution in [1.82, 2.24) is 4.72 Å². The van der Waals surface area contributed by atoms with Crippen LogP contribution in [0.25, 0.3) is 10.8 Å². The molecule has 4 aromatic carbocycles. The largest absolute Gasteiger partial charge is 0.488 e. The van der Waals surface area contributed by atoms with E-state index in [-0.39, 0.29) is 6.04 Å². The monoisotopic (exact) mass is 639 g/mol. The Labute approximate surface area is 274 Å². The first-order valence-corrected chi connectivity index (χ1v) is 19.8. The molecule has 238 valence electrons. The fourth-order valence-electron chi connectivity index (χ4n) is 7.26. The van der Waals surface area contributed by atoms with Crippen molar-refractivity contribution in [3.8, 4) is 5.75 Å². The van der Waals surface area contributed by atoms with Gasteiger partial charge in [0.25, 0.3) is 0 Å². The Balaban J connectivity index is 1.53. The van der Waals surface area contributed by atoms with E-state index in [0.29, 0.717) is 17.9 Å². The highest BCUT2D eigenvalue weighted by Crippen LogP contribution is 2.57. The molecule has 2 aliphatic carbocycles. The maximum absolute atomic E-state index is 13.9. The topological polar surface area (TPSA) is 38.3 Å². The van der Waals surface area contributed by atoms with Crippen molar-refractivity contribution in [1.29, 1.82) is 0 Å². The van der Waals surface area contributed by atoms with Crippen molar-refractivity contribution >= 4 is 35.0 Å². The highest BCUT2D eigenvalue weighted by molar-refractivity contribution is 7.84. The molecule has 0 spiro atoms. The molecule has 0 saturated heterocycles. The Morgan fingerprint density at radius 3 is 2.02 bits per heavy atom. The minimum absolute atomic E-state index is 0.206. The van der Waals surface area contributed by atoms with Crippen LogP contribution < -0.4 is 14.8 Å². The second-order valence-corrected chi connectivity index (χ2v) is 18.7. The van der Waals surface area contributed by atoms with Gasteiger partial charge in [0.15, 0.2) is 0 Å². The van der Waals surface area contributed by atoms with Gasteiger partial charge in [0.05, 0.1) is 21.8 Å². The van der Waals surface area contributed by atoms with Gasteiger partial charge >= 0.3 is 0 Å². The van der Waals surface area contributed by atoms with Gasteiger partial charge < -0.3 is 4.74 Å². The van der Waals surface area contributed by atoms with Crippen LogP contribution in [0.5, 0.6) is 5.75 Å². The molecule has 6 rings (SSSR count). The van der Waals surface area contributed by atoms with Crippen molar-refractivity contribution < 1.29 is 8.95 Å². The van der Waals surface area contributed by atoms with Crippen LogP contribution in [0.4, 0.5) is 0 Å². The molecule has 5 heteroatoms. The molecule has 4 aromatic rings. The molecule has 2 atom stereocenters. The summed E-state index contributed by atoms with van der Waals surface area (Å²) in [5.41, 5.74) is 5.03. The summed E-state index contributed by atoms with van der Waals surface area (Å²) in [4.78, 5) is 0. The van der Waals surface area contributed by atoms with Gasteiger partial charge in [-0.05, 0) is 97.4 Å². The van der Waals surface area contributed by atoms with Crippen LogP contribution in [-0.2, 0) is 17.6 Å². The first-order valence-electron chi connectivity index (χ1n) is 17.1. The number of benzene rings is 4. The summed E-state index contributed by atoms with van der Waals surface area (Å²) in [7, 11) is -1.75. The van der Waals surface area contributed by atoms with Crippen molar-refractivity contribution in [2.45, 2.75) is 114 Å². The maximum Gasteiger partial charge on any atom is 0.127 e. The van der Waals surface area contributed by atoms with Crippen LogP contribution in [0.15, 0.2) is 91.0 Å². The van der Waals surface area contributed by atoms with Crippen LogP contribution in [0.2, 0.25) is 0 Å². The smallest absolute Gasteiger partial charge is 0.127 e. The molecule has 3 nitrogen and oxygen atoms in total. The van der Waals surface area contributed by atoms with Gasteiger partial charge in [-0.25, -0.2) is 8.93 Å². The molecule has 0 radical (unpaired) electrons.